The summed E-state index contributed by atoms with van der Waals surface area (Å²) < 4.78 is 0. The van der Waals surface area contributed by atoms with Gasteiger partial charge in [0.1, 0.15) is 0 Å². The van der Waals surface area contributed by atoms with Gasteiger partial charge in [-0.1, -0.05) is 0 Å². The summed E-state index contributed by atoms with van der Waals surface area (Å²) in [7, 11) is 0. The Morgan fingerprint density at radius 1 is 1.21 bits per heavy atom. The van der Waals surface area contributed by atoms with E-state index in [2.05, 4.69) is 43.9 Å². The van der Waals surface area contributed by atoms with Crippen LogP contribution in [-0.2, 0) is 13.0 Å². The van der Waals surface area contributed by atoms with Gasteiger partial charge in [0.25, 0.3) is 5.56 Å². The van der Waals surface area contributed by atoms with Gasteiger partial charge < -0.3 is 15.2 Å². The molecule has 1 aliphatic rings. The zero-order valence-corrected chi connectivity index (χ0v) is 16.2. The van der Waals surface area contributed by atoms with Crippen LogP contribution in [0.5, 0.6) is 0 Å². The molecular formula is C20H26N6O2. The molecule has 0 saturated carbocycles. The Balaban J connectivity index is 1.59. The molecule has 28 heavy (non-hydrogen) atoms. The smallest absolute Gasteiger partial charge is 0.273 e. The standard InChI is InChI=1S/C20H26N6O2/c1-12-16(11-26-7-3-14(27)4-8-26)13(2)24-17(12)9-18-19(22-6-5-21-18)15-10-23-25-20(15)28/h5-6,10,14,24,27H,3-4,7-9,11H2,1-2H3,(H2,23,25,28). The summed E-state index contributed by atoms with van der Waals surface area (Å²) in [6.45, 7) is 6.95. The molecule has 1 saturated heterocycles. The van der Waals surface area contributed by atoms with Crippen LogP contribution in [0.25, 0.3) is 11.3 Å². The summed E-state index contributed by atoms with van der Waals surface area (Å²) in [6, 6.07) is 0. The molecule has 0 atom stereocenters. The van der Waals surface area contributed by atoms with Gasteiger partial charge in [0.05, 0.1) is 23.1 Å². The maximum atomic E-state index is 12.0. The number of hydrogen-bond acceptors (Lipinski definition) is 5. The number of aromatic nitrogens is 5. The van der Waals surface area contributed by atoms with Crippen LogP contribution in [0.4, 0.5) is 0 Å². The van der Waals surface area contributed by atoms with Gasteiger partial charge in [0, 0.05) is 56.0 Å². The van der Waals surface area contributed by atoms with Crippen LogP contribution in [0.3, 0.4) is 0 Å². The van der Waals surface area contributed by atoms with E-state index in [1.165, 1.54) is 11.1 Å². The topological polar surface area (TPSA) is 114 Å². The van der Waals surface area contributed by atoms with Gasteiger partial charge in [0.2, 0.25) is 0 Å². The van der Waals surface area contributed by atoms with Crippen LogP contribution >= 0.6 is 0 Å². The van der Waals surface area contributed by atoms with Crippen molar-refractivity contribution >= 4 is 0 Å². The second kappa shape index (κ2) is 7.73. The highest BCUT2D eigenvalue weighted by Gasteiger charge is 2.21. The number of aromatic amines is 3. The molecule has 0 aromatic carbocycles. The Morgan fingerprint density at radius 3 is 2.68 bits per heavy atom. The molecule has 0 spiro atoms. The van der Waals surface area contributed by atoms with Crippen molar-refractivity contribution < 1.29 is 5.11 Å². The summed E-state index contributed by atoms with van der Waals surface area (Å²) in [5.74, 6) is 0. The molecular weight excluding hydrogens is 356 g/mol. The Morgan fingerprint density at radius 2 is 1.96 bits per heavy atom. The lowest BCUT2D eigenvalue weighted by Gasteiger charge is -2.29. The maximum Gasteiger partial charge on any atom is 0.273 e. The lowest BCUT2D eigenvalue weighted by atomic mass is 10.0. The minimum absolute atomic E-state index is 0.160. The van der Waals surface area contributed by atoms with Crippen molar-refractivity contribution in [3.8, 4) is 11.3 Å². The average Bonchev–Trinajstić information content (AvgIpc) is 3.22. The first-order valence-corrected chi connectivity index (χ1v) is 9.66. The van der Waals surface area contributed by atoms with Crippen molar-refractivity contribution in [3.05, 3.63) is 57.2 Å². The Kier molecular flexibility index (Phi) is 5.15. The van der Waals surface area contributed by atoms with Gasteiger partial charge in [-0.15, -0.1) is 0 Å². The molecule has 1 fully saturated rings. The monoisotopic (exact) mass is 382 g/mol. The first-order chi connectivity index (χ1) is 13.5. The molecule has 0 radical (unpaired) electrons. The molecule has 3 aromatic rings. The summed E-state index contributed by atoms with van der Waals surface area (Å²) >= 11 is 0. The normalized spacial score (nSPS) is 16.0. The van der Waals surface area contributed by atoms with Crippen LogP contribution in [0, 0.1) is 13.8 Å². The Labute approximate surface area is 163 Å². The van der Waals surface area contributed by atoms with Crippen molar-refractivity contribution in [2.24, 2.45) is 0 Å². The summed E-state index contributed by atoms with van der Waals surface area (Å²) in [6.07, 6.45) is 6.98. The van der Waals surface area contributed by atoms with E-state index in [1.54, 1.807) is 18.6 Å². The first-order valence-electron chi connectivity index (χ1n) is 9.66. The lowest BCUT2D eigenvalue weighted by molar-refractivity contribution is 0.0791. The fourth-order valence-corrected chi connectivity index (χ4v) is 3.95. The predicted molar refractivity (Wildman–Crippen MR) is 106 cm³/mol. The molecule has 1 aliphatic heterocycles. The first kappa shape index (κ1) is 18.6. The summed E-state index contributed by atoms with van der Waals surface area (Å²) in [4.78, 5) is 26.8. The van der Waals surface area contributed by atoms with Crippen molar-refractivity contribution in [2.75, 3.05) is 13.1 Å². The molecule has 0 aliphatic carbocycles. The van der Waals surface area contributed by atoms with Crippen LogP contribution < -0.4 is 5.56 Å². The largest absolute Gasteiger partial charge is 0.393 e. The van der Waals surface area contributed by atoms with Gasteiger partial charge >= 0.3 is 0 Å². The van der Waals surface area contributed by atoms with E-state index in [9.17, 15) is 9.90 Å². The molecule has 0 amide bonds. The SMILES string of the molecule is Cc1[nH]c(Cc2nccnc2-c2c[nH][nH]c2=O)c(C)c1CN1CCC(O)CC1. The predicted octanol–water partition coefficient (Wildman–Crippen LogP) is 1.65. The molecule has 4 rings (SSSR count). The molecule has 0 unspecified atom stereocenters. The van der Waals surface area contributed by atoms with Gasteiger partial charge in [-0.05, 0) is 37.8 Å². The molecule has 0 bridgehead atoms. The minimum Gasteiger partial charge on any atom is -0.393 e. The zero-order valence-electron chi connectivity index (χ0n) is 16.2. The second-order valence-electron chi connectivity index (χ2n) is 7.52. The maximum absolute atomic E-state index is 12.0. The van der Waals surface area contributed by atoms with E-state index in [0.29, 0.717) is 17.7 Å². The third-order valence-electron chi connectivity index (χ3n) is 5.66. The van der Waals surface area contributed by atoms with E-state index in [1.807, 2.05) is 0 Å². The van der Waals surface area contributed by atoms with E-state index in [0.717, 1.165) is 49.6 Å². The lowest BCUT2D eigenvalue weighted by Crippen LogP contribution is -2.35. The summed E-state index contributed by atoms with van der Waals surface area (Å²) in [5, 5.41) is 15.0. The van der Waals surface area contributed by atoms with Crippen molar-refractivity contribution in [2.45, 2.75) is 45.8 Å². The van der Waals surface area contributed by atoms with Crippen LogP contribution in [0.2, 0.25) is 0 Å². The molecule has 8 heteroatoms. The van der Waals surface area contributed by atoms with Gasteiger partial charge in [0.15, 0.2) is 0 Å². The number of rotatable bonds is 5. The summed E-state index contributed by atoms with van der Waals surface area (Å²) in [5.41, 5.74) is 6.44. The van der Waals surface area contributed by atoms with Crippen molar-refractivity contribution in [3.63, 3.8) is 0 Å². The molecule has 148 valence electrons. The quantitative estimate of drug-likeness (QED) is 0.536. The highest BCUT2D eigenvalue weighted by atomic mass is 16.3. The number of likely N-dealkylation sites (tertiary alicyclic amines) is 1. The Bertz CT molecular complexity index is 1010. The van der Waals surface area contributed by atoms with Gasteiger partial charge in [-0.25, -0.2) is 0 Å². The molecule has 4 N–H and O–H groups in total. The fourth-order valence-electron chi connectivity index (χ4n) is 3.95. The highest BCUT2D eigenvalue weighted by molar-refractivity contribution is 5.60. The van der Waals surface area contributed by atoms with Gasteiger partial charge in [-0.3, -0.25) is 24.8 Å². The third-order valence-corrected chi connectivity index (χ3v) is 5.66. The highest BCUT2D eigenvalue weighted by Crippen LogP contribution is 2.25. The number of aliphatic hydroxyl groups excluding tert-OH is 1. The van der Waals surface area contributed by atoms with Crippen LogP contribution in [-0.4, -0.2) is 54.3 Å². The number of aryl methyl sites for hydroxylation is 1. The number of nitrogens with zero attached hydrogens (tertiary/aromatic N) is 3. The van der Waals surface area contributed by atoms with E-state index < -0.39 is 0 Å². The zero-order chi connectivity index (χ0) is 19.7. The van der Waals surface area contributed by atoms with Crippen molar-refractivity contribution in [1.29, 1.82) is 0 Å². The van der Waals surface area contributed by atoms with Gasteiger partial charge in [-0.2, -0.15) is 0 Å². The number of aliphatic hydroxyl groups is 1. The number of hydrogen-bond donors (Lipinski definition) is 4. The molecule has 8 nitrogen and oxygen atoms in total. The van der Waals surface area contributed by atoms with Crippen LogP contribution in [0.1, 0.15) is 41.1 Å². The number of nitrogens with one attached hydrogen (secondary N) is 3. The number of piperidine rings is 1. The average molecular weight is 382 g/mol. The third kappa shape index (κ3) is 3.65. The molecule has 4 heterocycles. The second-order valence-corrected chi connectivity index (χ2v) is 7.52. The Hall–Kier alpha value is -2.71. The fraction of sp³-hybridized carbons (Fsp3) is 0.450. The van der Waals surface area contributed by atoms with Crippen molar-refractivity contribution in [1.82, 2.24) is 30.0 Å². The minimum atomic E-state index is -0.200. The molecule has 3 aromatic heterocycles. The van der Waals surface area contributed by atoms with Crippen LogP contribution in [0.15, 0.2) is 23.4 Å². The number of H-pyrrole nitrogens is 3. The van der Waals surface area contributed by atoms with E-state index in [-0.39, 0.29) is 11.7 Å². The van der Waals surface area contributed by atoms with E-state index >= 15 is 0 Å². The van der Waals surface area contributed by atoms with E-state index in [4.69, 9.17) is 0 Å².